The lowest BCUT2D eigenvalue weighted by molar-refractivity contribution is -0.110. The van der Waals surface area contributed by atoms with Crippen LogP contribution in [0.5, 0.6) is 5.75 Å². The Bertz CT molecular complexity index is 1330. The van der Waals surface area contributed by atoms with Crippen LogP contribution in [0, 0.1) is 6.92 Å². The Morgan fingerprint density at radius 2 is 1.47 bits per heavy atom. The predicted octanol–water partition coefficient (Wildman–Crippen LogP) is 9.19. The molecule has 0 saturated heterocycles. The number of halogens is 2. The first kappa shape index (κ1) is 26.7. The van der Waals surface area contributed by atoms with E-state index < -0.39 is 0 Å². The minimum absolute atomic E-state index is 0.0917. The monoisotopic (exact) mass is 609 g/mol. The SMILES string of the molecule is Cc1c(Br)cc(Br)c2c1C(=Cc1cc(C(C)(C)C)c(OCc3ccccc3)c(C(C)(C)C)c1)C(=O)N2. The Kier molecular flexibility index (Phi) is 7.29. The number of anilines is 1. The van der Waals surface area contributed by atoms with Gasteiger partial charge in [0.05, 0.1) is 5.69 Å². The molecule has 0 saturated carbocycles. The van der Waals surface area contributed by atoms with Crippen LogP contribution in [0.1, 0.15) is 74.9 Å². The zero-order valence-corrected chi connectivity index (χ0v) is 25.1. The molecule has 1 aliphatic rings. The molecule has 1 heterocycles. The van der Waals surface area contributed by atoms with E-state index in [1.165, 1.54) is 0 Å². The minimum Gasteiger partial charge on any atom is -0.488 e. The molecule has 0 fully saturated rings. The number of nitrogens with one attached hydrogen (secondary N) is 1. The molecule has 188 valence electrons. The number of hydrogen-bond donors (Lipinski definition) is 1. The molecule has 0 aliphatic carbocycles. The van der Waals surface area contributed by atoms with Crippen molar-refractivity contribution in [1.82, 2.24) is 0 Å². The molecule has 3 nitrogen and oxygen atoms in total. The smallest absolute Gasteiger partial charge is 0.256 e. The Morgan fingerprint density at radius 1 is 0.889 bits per heavy atom. The Labute approximate surface area is 231 Å². The van der Waals surface area contributed by atoms with E-state index >= 15 is 0 Å². The second-order valence-corrected chi connectivity index (χ2v) is 13.2. The topological polar surface area (TPSA) is 38.3 Å². The summed E-state index contributed by atoms with van der Waals surface area (Å²) >= 11 is 7.25. The Hall–Kier alpha value is -2.37. The van der Waals surface area contributed by atoms with E-state index in [0.29, 0.717) is 12.2 Å². The summed E-state index contributed by atoms with van der Waals surface area (Å²) in [6.07, 6.45) is 2.01. The normalized spacial score (nSPS) is 14.7. The number of amides is 1. The average molecular weight is 611 g/mol. The van der Waals surface area contributed by atoms with Crippen LogP contribution < -0.4 is 10.1 Å². The van der Waals surface area contributed by atoms with Crippen LogP contribution in [0.3, 0.4) is 0 Å². The van der Waals surface area contributed by atoms with Gasteiger partial charge in [0.1, 0.15) is 12.4 Å². The Morgan fingerprint density at radius 3 is 2.03 bits per heavy atom. The summed E-state index contributed by atoms with van der Waals surface area (Å²) in [7, 11) is 0. The van der Waals surface area contributed by atoms with Crippen LogP contribution in [0.2, 0.25) is 0 Å². The van der Waals surface area contributed by atoms with Crippen molar-refractivity contribution in [2.24, 2.45) is 0 Å². The second kappa shape index (κ2) is 9.83. The third kappa shape index (κ3) is 5.33. The van der Waals surface area contributed by atoms with Crippen LogP contribution in [0.15, 0.2) is 57.5 Å². The van der Waals surface area contributed by atoms with E-state index in [1.807, 2.05) is 37.3 Å². The molecular formula is C31H33Br2NO2. The van der Waals surface area contributed by atoms with Crippen molar-refractivity contribution in [3.8, 4) is 5.75 Å². The molecule has 0 aromatic heterocycles. The molecule has 0 atom stereocenters. The molecule has 5 heteroatoms. The number of hydrogen-bond acceptors (Lipinski definition) is 2. The summed E-state index contributed by atoms with van der Waals surface area (Å²) in [6.45, 7) is 15.8. The molecule has 0 unspecified atom stereocenters. The van der Waals surface area contributed by atoms with E-state index in [4.69, 9.17) is 4.74 Å². The van der Waals surface area contributed by atoms with Crippen molar-refractivity contribution >= 4 is 55.1 Å². The van der Waals surface area contributed by atoms with Gasteiger partial charge in [-0.3, -0.25) is 4.79 Å². The summed E-state index contributed by atoms with van der Waals surface area (Å²) in [4.78, 5) is 13.1. The standard InChI is InChI=1S/C31H33Br2NO2/c1-18-24(32)16-25(33)27-26(18)21(29(35)34-27)13-20-14-22(30(2,3)4)28(23(15-20)31(5,6)7)36-17-19-11-9-8-10-12-19/h8-16H,17H2,1-7H3,(H,34,35). The quantitative estimate of drug-likeness (QED) is 0.299. The lowest BCUT2D eigenvalue weighted by atomic mass is 9.78. The van der Waals surface area contributed by atoms with Gasteiger partial charge in [-0.2, -0.15) is 0 Å². The summed E-state index contributed by atoms with van der Waals surface area (Å²) in [5.74, 6) is 0.838. The molecule has 0 bridgehead atoms. The zero-order chi connectivity index (χ0) is 26.4. The van der Waals surface area contributed by atoms with Crippen molar-refractivity contribution < 1.29 is 9.53 Å². The first-order valence-electron chi connectivity index (χ1n) is 12.1. The van der Waals surface area contributed by atoms with Gasteiger partial charge in [0, 0.05) is 31.2 Å². The van der Waals surface area contributed by atoms with Crippen molar-refractivity contribution in [3.63, 3.8) is 0 Å². The van der Waals surface area contributed by atoms with Crippen LogP contribution in [-0.2, 0) is 22.2 Å². The van der Waals surface area contributed by atoms with Crippen LogP contribution in [0.4, 0.5) is 5.69 Å². The summed E-state index contributed by atoms with van der Waals surface area (Å²) in [5, 5.41) is 3.04. The number of benzene rings is 3. The second-order valence-electron chi connectivity index (χ2n) is 11.4. The number of fused-ring (bicyclic) bond motifs is 1. The maximum atomic E-state index is 13.1. The van der Waals surface area contributed by atoms with E-state index in [-0.39, 0.29) is 16.7 Å². The van der Waals surface area contributed by atoms with Crippen molar-refractivity contribution in [2.75, 3.05) is 5.32 Å². The van der Waals surface area contributed by atoms with Gasteiger partial charge in [-0.25, -0.2) is 0 Å². The van der Waals surface area contributed by atoms with E-state index in [1.54, 1.807) is 0 Å². The van der Waals surface area contributed by atoms with Gasteiger partial charge >= 0.3 is 0 Å². The van der Waals surface area contributed by atoms with Gasteiger partial charge in [-0.1, -0.05) is 87.8 Å². The van der Waals surface area contributed by atoms with Gasteiger partial charge in [-0.15, -0.1) is 0 Å². The average Bonchev–Trinajstić information content (AvgIpc) is 3.12. The molecule has 3 aromatic carbocycles. The highest BCUT2D eigenvalue weighted by molar-refractivity contribution is 9.11. The van der Waals surface area contributed by atoms with E-state index in [9.17, 15) is 4.79 Å². The molecule has 0 radical (unpaired) electrons. The fraction of sp³-hybridized carbons (Fsp3) is 0.323. The number of rotatable bonds is 4. The van der Waals surface area contributed by atoms with Gasteiger partial charge in [0.2, 0.25) is 0 Å². The molecule has 1 aliphatic heterocycles. The first-order valence-corrected chi connectivity index (χ1v) is 13.7. The van der Waals surface area contributed by atoms with E-state index in [0.717, 1.165) is 53.8 Å². The molecule has 1 N–H and O–H groups in total. The fourth-order valence-electron chi connectivity index (χ4n) is 4.51. The van der Waals surface area contributed by atoms with E-state index in [2.05, 4.69) is 103 Å². The lowest BCUT2D eigenvalue weighted by Gasteiger charge is -2.30. The van der Waals surface area contributed by atoms with Crippen molar-refractivity contribution in [3.05, 3.63) is 90.9 Å². The van der Waals surface area contributed by atoms with Crippen LogP contribution in [0.25, 0.3) is 11.6 Å². The molecular weight excluding hydrogens is 578 g/mol. The molecule has 36 heavy (non-hydrogen) atoms. The zero-order valence-electron chi connectivity index (χ0n) is 22.0. The molecule has 4 rings (SSSR count). The highest BCUT2D eigenvalue weighted by Gasteiger charge is 2.31. The van der Waals surface area contributed by atoms with Crippen LogP contribution >= 0.6 is 31.9 Å². The minimum atomic E-state index is -0.154. The van der Waals surface area contributed by atoms with Gasteiger partial charge < -0.3 is 10.1 Å². The van der Waals surface area contributed by atoms with Crippen LogP contribution in [-0.4, -0.2) is 5.91 Å². The highest BCUT2D eigenvalue weighted by Crippen LogP contribution is 2.45. The first-order chi connectivity index (χ1) is 16.8. The Balaban J connectivity index is 1.90. The number of carbonyl (C=O) groups excluding carboxylic acids is 1. The third-order valence-electron chi connectivity index (χ3n) is 6.49. The summed E-state index contributed by atoms with van der Waals surface area (Å²) in [6, 6.07) is 16.6. The highest BCUT2D eigenvalue weighted by atomic mass is 79.9. The maximum absolute atomic E-state index is 13.1. The van der Waals surface area contributed by atoms with Crippen molar-refractivity contribution in [1.29, 1.82) is 0 Å². The molecule has 1 amide bonds. The number of ether oxygens (including phenoxy) is 1. The van der Waals surface area contributed by atoms with Gasteiger partial charge in [0.15, 0.2) is 0 Å². The maximum Gasteiger partial charge on any atom is 0.256 e. The summed E-state index contributed by atoms with van der Waals surface area (Å²) < 4.78 is 8.37. The number of carbonyl (C=O) groups is 1. The fourth-order valence-corrected chi connectivity index (χ4v) is 5.77. The predicted molar refractivity (Wildman–Crippen MR) is 158 cm³/mol. The third-order valence-corrected chi connectivity index (χ3v) is 7.94. The molecule has 0 spiro atoms. The molecule has 3 aromatic rings. The van der Waals surface area contributed by atoms with Gasteiger partial charge in [-0.05, 0) is 74.6 Å². The summed E-state index contributed by atoms with van der Waals surface area (Å²) in [5.41, 5.74) is 7.53. The van der Waals surface area contributed by atoms with Gasteiger partial charge in [0.25, 0.3) is 5.91 Å². The lowest BCUT2D eigenvalue weighted by Crippen LogP contribution is -2.20. The van der Waals surface area contributed by atoms with Crippen molar-refractivity contribution in [2.45, 2.75) is 65.9 Å². The largest absolute Gasteiger partial charge is 0.488 e.